The van der Waals surface area contributed by atoms with Gasteiger partial charge in [-0.25, -0.2) is 0 Å². The van der Waals surface area contributed by atoms with Crippen LogP contribution in [0.5, 0.6) is 11.5 Å². The average molecular weight is 329 g/mol. The van der Waals surface area contributed by atoms with E-state index in [1.165, 1.54) is 0 Å². The fourth-order valence-electron chi connectivity index (χ4n) is 2.10. The topological polar surface area (TPSA) is 56.8 Å². The zero-order valence-electron chi connectivity index (χ0n) is 14.1. The van der Waals surface area contributed by atoms with Crippen molar-refractivity contribution in [1.82, 2.24) is 0 Å². The molecule has 0 atom stereocenters. The van der Waals surface area contributed by atoms with Crippen LogP contribution in [0.3, 0.4) is 0 Å². The third kappa shape index (κ3) is 5.59. The van der Waals surface area contributed by atoms with Crippen molar-refractivity contribution < 1.29 is 19.0 Å². The summed E-state index contributed by atoms with van der Waals surface area (Å²) >= 11 is 0. The second kappa shape index (κ2) is 9.57. The number of nitrogens with one attached hydrogen (secondary N) is 1. The smallest absolute Gasteiger partial charge is 0.255 e. The monoisotopic (exact) mass is 329 g/mol. The molecule has 0 aromatic heterocycles. The highest BCUT2D eigenvalue weighted by atomic mass is 16.5. The molecule has 0 bridgehead atoms. The Bertz CT molecular complexity index is 640. The molecular formula is C19H23NO4. The molecule has 5 heteroatoms. The van der Waals surface area contributed by atoms with Gasteiger partial charge in [-0.15, -0.1) is 0 Å². The lowest BCUT2D eigenvalue weighted by atomic mass is 10.2. The Hall–Kier alpha value is -2.53. The lowest BCUT2D eigenvalue weighted by Gasteiger charge is -2.10. The quantitative estimate of drug-likeness (QED) is 0.712. The van der Waals surface area contributed by atoms with Gasteiger partial charge in [-0.2, -0.15) is 0 Å². The molecule has 0 heterocycles. The van der Waals surface area contributed by atoms with E-state index in [0.717, 1.165) is 5.75 Å². The molecule has 0 aliphatic carbocycles. The number of hydrogen-bond donors (Lipinski definition) is 1. The molecule has 0 aliphatic heterocycles. The van der Waals surface area contributed by atoms with Crippen LogP contribution >= 0.6 is 0 Å². The number of benzene rings is 2. The summed E-state index contributed by atoms with van der Waals surface area (Å²) in [5.74, 6) is 1.27. The van der Waals surface area contributed by atoms with E-state index in [9.17, 15) is 4.79 Å². The third-order valence-electron chi connectivity index (χ3n) is 3.22. The van der Waals surface area contributed by atoms with Crippen LogP contribution in [0.4, 0.5) is 5.69 Å². The molecule has 0 spiro atoms. The molecule has 2 aromatic carbocycles. The molecule has 0 saturated heterocycles. The maximum atomic E-state index is 12.3. The van der Waals surface area contributed by atoms with Crippen molar-refractivity contribution in [1.29, 1.82) is 0 Å². The fraction of sp³-hybridized carbons (Fsp3) is 0.316. The molecule has 0 unspecified atom stereocenters. The fourth-order valence-corrected chi connectivity index (χ4v) is 2.10. The standard InChI is InChI=1S/C19H23NO4/c1-3-22-12-13-24-18-7-5-6-16(14-18)20-19(21)15-8-10-17(11-9-15)23-4-2/h5-11,14H,3-4,12-13H2,1-2H3,(H,20,21). The van der Waals surface area contributed by atoms with Crippen LogP contribution in [0.1, 0.15) is 24.2 Å². The SMILES string of the molecule is CCOCCOc1cccc(NC(=O)c2ccc(OCC)cc2)c1. The molecule has 0 fully saturated rings. The van der Waals surface area contributed by atoms with Gasteiger partial charge >= 0.3 is 0 Å². The number of amides is 1. The average Bonchev–Trinajstić information content (AvgIpc) is 2.60. The van der Waals surface area contributed by atoms with Gasteiger partial charge in [0, 0.05) is 23.9 Å². The van der Waals surface area contributed by atoms with Crippen molar-refractivity contribution in [3.8, 4) is 11.5 Å². The van der Waals surface area contributed by atoms with E-state index in [0.29, 0.717) is 43.4 Å². The summed E-state index contributed by atoms with van der Waals surface area (Å²) in [6.07, 6.45) is 0. The first-order valence-electron chi connectivity index (χ1n) is 8.07. The van der Waals surface area contributed by atoms with Crippen LogP contribution in [0.25, 0.3) is 0 Å². The van der Waals surface area contributed by atoms with E-state index in [1.54, 1.807) is 30.3 Å². The summed E-state index contributed by atoms with van der Waals surface area (Å²) in [6, 6.07) is 14.3. The second-order valence-corrected chi connectivity index (χ2v) is 4.98. The molecule has 0 radical (unpaired) electrons. The van der Waals surface area contributed by atoms with Gasteiger partial charge in [-0.3, -0.25) is 4.79 Å². The van der Waals surface area contributed by atoms with Crippen molar-refractivity contribution in [2.45, 2.75) is 13.8 Å². The van der Waals surface area contributed by atoms with Gasteiger partial charge in [0.1, 0.15) is 18.1 Å². The molecule has 1 N–H and O–H groups in total. The first-order chi connectivity index (χ1) is 11.7. The number of anilines is 1. The largest absolute Gasteiger partial charge is 0.494 e. The lowest BCUT2D eigenvalue weighted by molar-refractivity contribution is 0.102. The van der Waals surface area contributed by atoms with Gasteiger partial charge in [0.25, 0.3) is 5.91 Å². The molecule has 24 heavy (non-hydrogen) atoms. The first kappa shape index (κ1) is 17.8. The van der Waals surface area contributed by atoms with E-state index in [1.807, 2.05) is 32.0 Å². The number of rotatable bonds is 9. The van der Waals surface area contributed by atoms with Gasteiger partial charge in [0.15, 0.2) is 0 Å². The zero-order chi connectivity index (χ0) is 17.2. The maximum absolute atomic E-state index is 12.3. The number of carbonyl (C=O) groups excluding carboxylic acids is 1. The van der Waals surface area contributed by atoms with Gasteiger partial charge in [0.2, 0.25) is 0 Å². The highest BCUT2D eigenvalue weighted by Crippen LogP contribution is 2.19. The normalized spacial score (nSPS) is 10.2. The number of hydrogen-bond acceptors (Lipinski definition) is 4. The second-order valence-electron chi connectivity index (χ2n) is 4.98. The lowest BCUT2D eigenvalue weighted by Crippen LogP contribution is -2.12. The minimum Gasteiger partial charge on any atom is -0.494 e. The summed E-state index contributed by atoms with van der Waals surface area (Å²) in [7, 11) is 0. The van der Waals surface area contributed by atoms with Crippen molar-refractivity contribution in [3.05, 3.63) is 54.1 Å². The Balaban J connectivity index is 1.93. The Morgan fingerprint density at radius 3 is 2.42 bits per heavy atom. The van der Waals surface area contributed by atoms with Crippen molar-refractivity contribution in [2.75, 3.05) is 31.7 Å². The number of carbonyl (C=O) groups is 1. The molecule has 0 aliphatic rings. The molecule has 128 valence electrons. The van der Waals surface area contributed by atoms with Crippen LogP contribution in [0.2, 0.25) is 0 Å². The van der Waals surface area contributed by atoms with E-state index < -0.39 is 0 Å². The first-order valence-corrected chi connectivity index (χ1v) is 8.07. The van der Waals surface area contributed by atoms with Gasteiger partial charge < -0.3 is 19.5 Å². The summed E-state index contributed by atoms with van der Waals surface area (Å²) in [6.45, 7) is 6.15. The maximum Gasteiger partial charge on any atom is 0.255 e. The summed E-state index contributed by atoms with van der Waals surface area (Å²) in [5.41, 5.74) is 1.25. The summed E-state index contributed by atoms with van der Waals surface area (Å²) in [5, 5.41) is 2.86. The third-order valence-corrected chi connectivity index (χ3v) is 3.22. The predicted molar refractivity (Wildman–Crippen MR) is 94.0 cm³/mol. The highest BCUT2D eigenvalue weighted by molar-refractivity contribution is 6.04. The van der Waals surface area contributed by atoms with Crippen molar-refractivity contribution >= 4 is 11.6 Å². The molecule has 2 aromatic rings. The van der Waals surface area contributed by atoms with Crippen LogP contribution in [-0.2, 0) is 4.74 Å². The highest BCUT2D eigenvalue weighted by Gasteiger charge is 2.07. The Morgan fingerprint density at radius 2 is 1.71 bits per heavy atom. The van der Waals surface area contributed by atoms with Crippen LogP contribution in [0.15, 0.2) is 48.5 Å². The minimum atomic E-state index is -0.176. The van der Waals surface area contributed by atoms with Gasteiger partial charge in [-0.05, 0) is 50.2 Å². The molecule has 5 nitrogen and oxygen atoms in total. The van der Waals surface area contributed by atoms with E-state index in [4.69, 9.17) is 14.2 Å². The van der Waals surface area contributed by atoms with Crippen LogP contribution < -0.4 is 14.8 Å². The molecule has 0 saturated carbocycles. The summed E-state index contributed by atoms with van der Waals surface area (Å²) < 4.78 is 16.2. The predicted octanol–water partition coefficient (Wildman–Crippen LogP) is 3.75. The van der Waals surface area contributed by atoms with Crippen molar-refractivity contribution in [3.63, 3.8) is 0 Å². The van der Waals surface area contributed by atoms with E-state index in [-0.39, 0.29) is 5.91 Å². The molecule has 2 rings (SSSR count). The Kier molecular flexibility index (Phi) is 7.11. The van der Waals surface area contributed by atoms with E-state index >= 15 is 0 Å². The molecular weight excluding hydrogens is 306 g/mol. The minimum absolute atomic E-state index is 0.176. The Morgan fingerprint density at radius 1 is 0.917 bits per heavy atom. The summed E-state index contributed by atoms with van der Waals surface area (Å²) in [4.78, 5) is 12.3. The zero-order valence-corrected chi connectivity index (χ0v) is 14.1. The van der Waals surface area contributed by atoms with Gasteiger partial charge in [0.05, 0.1) is 13.2 Å². The van der Waals surface area contributed by atoms with Crippen LogP contribution in [0, 0.1) is 0 Å². The molecule has 1 amide bonds. The van der Waals surface area contributed by atoms with E-state index in [2.05, 4.69) is 5.32 Å². The van der Waals surface area contributed by atoms with Crippen molar-refractivity contribution in [2.24, 2.45) is 0 Å². The number of ether oxygens (including phenoxy) is 3. The Labute approximate surface area is 142 Å². The van der Waals surface area contributed by atoms with Gasteiger partial charge in [-0.1, -0.05) is 6.07 Å². The van der Waals surface area contributed by atoms with Crippen LogP contribution in [-0.4, -0.2) is 32.3 Å².